The highest BCUT2D eigenvalue weighted by Gasteiger charge is 2.27. The topological polar surface area (TPSA) is 56.3 Å². The van der Waals surface area contributed by atoms with E-state index in [0.29, 0.717) is 10.9 Å². The molecule has 182 valence electrons. The lowest BCUT2D eigenvalue weighted by Crippen LogP contribution is -2.35. The first kappa shape index (κ1) is 24.5. The van der Waals surface area contributed by atoms with Gasteiger partial charge in [0.1, 0.15) is 11.4 Å². The normalized spacial score (nSPS) is 12.7. The first-order valence-corrected chi connectivity index (χ1v) is 11.3. The lowest BCUT2D eigenvalue weighted by molar-refractivity contribution is 0.0600. The number of aliphatic hydroxyl groups is 1. The fourth-order valence-corrected chi connectivity index (χ4v) is 4.06. The standard InChI is InChI=1S/C28H27F3N2O2/c1-28(2,3)20-8-4-17(5-9-20)15-33(16-23(34)18-6-10-21(29)11-7-18)27(35)24-25(31)22(30)14-19-12-13-32-26(19)24/h4-14,23,32,34H,15-16H2,1-3H3. The summed E-state index contributed by atoms with van der Waals surface area (Å²) in [5.74, 6) is -3.61. The number of aromatic nitrogens is 1. The van der Waals surface area contributed by atoms with E-state index in [1.165, 1.54) is 35.4 Å². The molecular formula is C28H27F3N2O2. The van der Waals surface area contributed by atoms with Crippen molar-refractivity contribution in [3.8, 4) is 0 Å². The molecule has 0 spiro atoms. The molecule has 0 fully saturated rings. The second kappa shape index (κ2) is 9.58. The number of hydrogen-bond acceptors (Lipinski definition) is 2. The molecule has 1 heterocycles. The Kier molecular flexibility index (Phi) is 6.72. The first-order valence-electron chi connectivity index (χ1n) is 11.3. The van der Waals surface area contributed by atoms with Crippen molar-refractivity contribution in [1.82, 2.24) is 9.88 Å². The van der Waals surface area contributed by atoms with Crippen LogP contribution in [0.15, 0.2) is 66.9 Å². The number of aliphatic hydroxyl groups excluding tert-OH is 1. The Morgan fingerprint density at radius 2 is 1.66 bits per heavy atom. The minimum absolute atomic E-state index is 0.0552. The summed E-state index contributed by atoms with van der Waals surface area (Å²) in [4.78, 5) is 17.7. The number of nitrogens with zero attached hydrogens (tertiary/aromatic N) is 1. The van der Waals surface area contributed by atoms with E-state index < -0.39 is 35.0 Å². The molecule has 35 heavy (non-hydrogen) atoms. The van der Waals surface area contributed by atoms with Gasteiger partial charge in [-0.25, -0.2) is 13.2 Å². The van der Waals surface area contributed by atoms with Gasteiger partial charge >= 0.3 is 0 Å². The molecule has 7 heteroatoms. The van der Waals surface area contributed by atoms with Crippen LogP contribution in [-0.2, 0) is 12.0 Å². The van der Waals surface area contributed by atoms with Crippen LogP contribution in [0.4, 0.5) is 13.2 Å². The summed E-state index contributed by atoms with van der Waals surface area (Å²) < 4.78 is 42.6. The van der Waals surface area contributed by atoms with Crippen LogP contribution in [0.25, 0.3) is 10.9 Å². The SMILES string of the molecule is CC(C)(C)c1ccc(CN(CC(O)c2ccc(F)cc2)C(=O)c2c(F)c(F)cc3cc[nH]c23)cc1. The average molecular weight is 481 g/mol. The maximum Gasteiger partial charge on any atom is 0.259 e. The minimum Gasteiger partial charge on any atom is -0.387 e. The summed E-state index contributed by atoms with van der Waals surface area (Å²) in [7, 11) is 0. The van der Waals surface area contributed by atoms with Crippen molar-refractivity contribution in [3.63, 3.8) is 0 Å². The van der Waals surface area contributed by atoms with Crippen LogP contribution in [0.1, 0.15) is 53.9 Å². The van der Waals surface area contributed by atoms with E-state index >= 15 is 0 Å². The molecule has 4 nitrogen and oxygen atoms in total. The third-order valence-corrected chi connectivity index (χ3v) is 6.08. The van der Waals surface area contributed by atoms with E-state index in [1.807, 2.05) is 24.3 Å². The van der Waals surface area contributed by atoms with Crippen LogP contribution in [0.5, 0.6) is 0 Å². The van der Waals surface area contributed by atoms with E-state index in [4.69, 9.17) is 0 Å². The van der Waals surface area contributed by atoms with Crippen LogP contribution in [0, 0.1) is 17.5 Å². The molecule has 1 atom stereocenters. The molecular weight excluding hydrogens is 453 g/mol. The summed E-state index contributed by atoms with van der Waals surface area (Å²) in [6.07, 6.45) is 0.340. The Morgan fingerprint density at radius 3 is 2.29 bits per heavy atom. The van der Waals surface area contributed by atoms with Crippen molar-refractivity contribution >= 4 is 16.8 Å². The molecule has 0 radical (unpaired) electrons. The Labute approximate surface area is 202 Å². The molecule has 0 aliphatic carbocycles. The maximum absolute atomic E-state index is 14.9. The van der Waals surface area contributed by atoms with Crippen molar-refractivity contribution in [2.45, 2.75) is 38.8 Å². The van der Waals surface area contributed by atoms with Gasteiger partial charge in [-0.1, -0.05) is 57.2 Å². The lowest BCUT2D eigenvalue weighted by atomic mass is 9.87. The lowest BCUT2D eigenvalue weighted by Gasteiger charge is -2.27. The van der Waals surface area contributed by atoms with Gasteiger partial charge in [0.05, 0.1) is 18.2 Å². The number of carbonyl (C=O) groups excluding carboxylic acids is 1. The Hall–Kier alpha value is -3.58. The van der Waals surface area contributed by atoms with E-state index in [2.05, 4.69) is 25.8 Å². The van der Waals surface area contributed by atoms with Gasteiger partial charge in [0, 0.05) is 18.1 Å². The van der Waals surface area contributed by atoms with Gasteiger partial charge in [0.2, 0.25) is 0 Å². The average Bonchev–Trinajstić information content (AvgIpc) is 3.27. The quantitative estimate of drug-likeness (QED) is 0.342. The molecule has 4 rings (SSSR count). The van der Waals surface area contributed by atoms with Crippen molar-refractivity contribution in [1.29, 1.82) is 0 Å². The van der Waals surface area contributed by atoms with Crippen molar-refractivity contribution in [3.05, 3.63) is 107 Å². The number of fused-ring (bicyclic) bond motifs is 1. The zero-order chi connectivity index (χ0) is 25.3. The smallest absolute Gasteiger partial charge is 0.259 e. The molecule has 0 aliphatic rings. The zero-order valence-electron chi connectivity index (χ0n) is 19.8. The van der Waals surface area contributed by atoms with E-state index in [-0.39, 0.29) is 24.0 Å². The number of amides is 1. The fourth-order valence-electron chi connectivity index (χ4n) is 4.06. The monoisotopic (exact) mass is 480 g/mol. The van der Waals surface area contributed by atoms with Gasteiger partial charge in [0.15, 0.2) is 11.6 Å². The minimum atomic E-state index is -1.26. The van der Waals surface area contributed by atoms with Gasteiger partial charge in [-0.3, -0.25) is 4.79 Å². The molecule has 0 saturated carbocycles. The largest absolute Gasteiger partial charge is 0.387 e. The van der Waals surface area contributed by atoms with Crippen LogP contribution >= 0.6 is 0 Å². The molecule has 1 amide bonds. The molecule has 4 aromatic rings. The molecule has 0 saturated heterocycles. The Bertz CT molecular complexity index is 1340. The van der Waals surface area contributed by atoms with Crippen LogP contribution in [0.3, 0.4) is 0 Å². The molecule has 3 aromatic carbocycles. The summed E-state index contributed by atoms with van der Waals surface area (Å²) in [6.45, 7) is 6.12. The number of benzene rings is 3. The second-order valence-corrected chi connectivity index (χ2v) is 9.69. The Morgan fingerprint density at radius 1 is 1.00 bits per heavy atom. The van der Waals surface area contributed by atoms with E-state index in [9.17, 15) is 23.1 Å². The molecule has 1 aromatic heterocycles. The van der Waals surface area contributed by atoms with Crippen molar-refractivity contribution in [2.75, 3.05) is 6.54 Å². The van der Waals surface area contributed by atoms with Crippen LogP contribution in [-0.4, -0.2) is 27.4 Å². The third kappa shape index (κ3) is 5.25. The number of aromatic amines is 1. The van der Waals surface area contributed by atoms with Crippen LogP contribution in [0.2, 0.25) is 0 Å². The summed E-state index contributed by atoms with van der Waals surface area (Å²) in [5.41, 5.74) is 1.96. The Balaban J connectivity index is 1.71. The van der Waals surface area contributed by atoms with Gasteiger partial charge in [-0.15, -0.1) is 0 Å². The highest BCUT2D eigenvalue weighted by molar-refractivity contribution is 6.06. The predicted molar refractivity (Wildman–Crippen MR) is 129 cm³/mol. The van der Waals surface area contributed by atoms with Gasteiger partial charge in [-0.05, 0) is 46.4 Å². The number of nitrogens with one attached hydrogen (secondary N) is 1. The number of halogens is 3. The second-order valence-electron chi connectivity index (χ2n) is 9.69. The molecule has 2 N–H and O–H groups in total. The molecule has 0 aliphatic heterocycles. The predicted octanol–water partition coefficient (Wildman–Crippen LogP) is 6.26. The number of hydrogen-bond donors (Lipinski definition) is 2. The number of H-pyrrole nitrogens is 1. The summed E-state index contributed by atoms with van der Waals surface area (Å²) >= 11 is 0. The van der Waals surface area contributed by atoms with Gasteiger partial charge in [0.25, 0.3) is 5.91 Å². The third-order valence-electron chi connectivity index (χ3n) is 6.08. The summed E-state index contributed by atoms with van der Waals surface area (Å²) in [6, 6.07) is 15.5. The first-order chi connectivity index (χ1) is 16.5. The van der Waals surface area contributed by atoms with Gasteiger partial charge in [-0.2, -0.15) is 0 Å². The van der Waals surface area contributed by atoms with Gasteiger partial charge < -0.3 is 15.0 Å². The molecule has 0 bridgehead atoms. The highest BCUT2D eigenvalue weighted by Crippen LogP contribution is 2.27. The zero-order valence-corrected chi connectivity index (χ0v) is 19.8. The van der Waals surface area contributed by atoms with E-state index in [1.54, 1.807) is 6.07 Å². The van der Waals surface area contributed by atoms with Crippen molar-refractivity contribution in [2.24, 2.45) is 0 Å². The maximum atomic E-state index is 14.9. The number of rotatable bonds is 6. The number of carbonyl (C=O) groups is 1. The van der Waals surface area contributed by atoms with Crippen LogP contribution < -0.4 is 0 Å². The fraction of sp³-hybridized carbons (Fsp3) is 0.250. The van der Waals surface area contributed by atoms with E-state index in [0.717, 1.165) is 17.2 Å². The molecule has 1 unspecified atom stereocenters. The van der Waals surface area contributed by atoms with Crippen molar-refractivity contribution < 1.29 is 23.1 Å². The highest BCUT2D eigenvalue weighted by atomic mass is 19.2. The summed E-state index contributed by atoms with van der Waals surface area (Å²) in [5, 5.41) is 11.2.